The van der Waals surface area contributed by atoms with Crippen LogP contribution in [0.2, 0.25) is 0 Å². The van der Waals surface area contributed by atoms with Crippen molar-refractivity contribution in [3.8, 4) is 5.75 Å². The molecule has 2 aromatic rings. The van der Waals surface area contributed by atoms with Crippen LogP contribution >= 0.6 is 0 Å². The molecule has 0 radical (unpaired) electrons. The molecule has 2 N–H and O–H groups in total. The molecule has 21 heavy (non-hydrogen) atoms. The maximum absolute atomic E-state index is 6.28. The molecular formula is C18H22N2O. The van der Waals surface area contributed by atoms with Gasteiger partial charge in [0, 0.05) is 23.8 Å². The summed E-state index contributed by atoms with van der Waals surface area (Å²) in [5, 5.41) is 0. The lowest BCUT2D eigenvalue weighted by molar-refractivity contribution is 0.331. The van der Waals surface area contributed by atoms with Crippen molar-refractivity contribution in [2.75, 3.05) is 18.1 Å². The monoisotopic (exact) mass is 282 g/mol. The Morgan fingerprint density at radius 3 is 2.76 bits per heavy atom. The Labute approximate surface area is 126 Å². The molecule has 0 aromatic heterocycles. The van der Waals surface area contributed by atoms with Gasteiger partial charge in [0.15, 0.2) is 0 Å². The normalized spacial score (nSPS) is 15.8. The third-order valence-corrected chi connectivity index (χ3v) is 4.07. The van der Waals surface area contributed by atoms with Gasteiger partial charge in [-0.15, -0.1) is 0 Å². The molecule has 0 saturated heterocycles. The first-order valence-corrected chi connectivity index (χ1v) is 7.59. The Hall–Kier alpha value is -2.00. The molecule has 1 heterocycles. The Balaban J connectivity index is 1.94. The van der Waals surface area contributed by atoms with Gasteiger partial charge >= 0.3 is 0 Å². The fraction of sp³-hybridized carbons (Fsp3) is 0.333. The van der Waals surface area contributed by atoms with Crippen molar-refractivity contribution in [1.82, 2.24) is 0 Å². The SMILES string of the molecule is CC[C@@H](N)c1ccccc1N1CCOc2ccccc2C1. The smallest absolute Gasteiger partial charge is 0.124 e. The van der Waals surface area contributed by atoms with E-state index >= 15 is 0 Å². The first-order chi connectivity index (χ1) is 10.3. The van der Waals surface area contributed by atoms with E-state index in [-0.39, 0.29) is 6.04 Å². The zero-order valence-electron chi connectivity index (χ0n) is 12.5. The van der Waals surface area contributed by atoms with Gasteiger partial charge in [-0.25, -0.2) is 0 Å². The van der Waals surface area contributed by atoms with Gasteiger partial charge < -0.3 is 15.4 Å². The van der Waals surface area contributed by atoms with Crippen molar-refractivity contribution in [2.24, 2.45) is 5.73 Å². The summed E-state index contributed by atoms with van der Waals surface area (Å²) in [5.41, 5.74) is 9.96. The molecule has 0 fully saturated rings. The molecule has 0 aliphatic carbocycles. The van der Waals surface area contributed by atoms with Gasteiger partial charge in [-0.05, 0) is 24.1 Å². The quantitative estimate of drug-likeness (QED) is 0.936. The van der Waals surface area contributed by atoms with E-state index in [0.717, 1.165) is 25.3 Å². The molecule has 0 saturated carbocycles. The van der Waals surface area contributed by atoms with Gasteiger partial charge in [-0.1, -0.05) is 43.3 Å². The average Bonchev–Trinajstić information content (AvgIpc) is 2.76. The van der Waals surface area contributed by atoms with Crippen LogP contribution in [0.4, 0.5) is 5.69 Å². The number of nitrogens with zero attached hydrogens (tertiary/aromatic N) is 1. The minimum Gasteiger partial charge on any atom is -0.491 e. The van der Waals surface area contributed by atoms with E-state index in [1.165, 1.54) is 16.8 Å². The van der Waals surface area contributed by atoms with Crippen LogP contribution in [-0.4, -0.2) is 13.2 Å². The van der Waals surface area contributed by atoms with Crippen molar-refractivity contribution in [1.29, 1.82) is 0 Å². The summed E-state index contributed by atoms with van der Waals surface area (Å²) in [6.07, 6.45) is 0.942. The fourth-order valence-electron chi connectivity index (χ4n) is 2.84. The fourth-order valence-corrected chi connectivity index (χ4v) is 2.84. The van der Waals surface area contributed by atoms with Crippen LogP contribution in [0, 0.1) is 0 Å². The van der Waals surface area contributed by atoms with Gasteiger partial charge in [0.05, 0.1) is 6.54 Å². The highest BCUT2D eigenvalue weighted by Gasteiger charge is 2.19. The second kappa shape index (κ2) is 6.19. The summed E-state index contributed by atoms with van der Waals surface area (Å²) >= 11 is 0. The zero-order chi connectivity index (χ0) is 14.7. The minimum absolute atomic E-state index is 0.0839. The van der Waals surface area contributed by atoms with E-state index < -0.39 is 0 Å². The Morgan fingerprint density at radius 2 is 1.90 bits per heavy atom. The van der Waals surface area contributed by atoms with E-state index in [1.807, 2.05) is 12.1 Å². The van der Waals surface area contributed by atoms with Crippen molar-refractivity contribution in [3.63, 3.8) is 0 Å². The van der Waals surface area contributed by atoms with Gasteiger partial charge in [-0.2, -0.15) is 0 Å². The molecule has 3 nitrogen and oxygen atoms in total. The Morgan fingerprint density at radius 1 is 1.14 bits per heavy atom. The number of nitrogens with two attached hydrogens (primary N) is 1. The maximum atomic E-state index is 6.28. The summed E-state index contributed by atoms with van der Waals surface area (Å²) in [6, 6.07) is 16.8. The number of benzene rings is 2. The predicted molar refractivity (Wildman–Crippen MR) is 86.6 cm³/mol. The number of fused-ring (bicyclic) bond motifs is 1. The zero-order valence-corrected chi connectivity index (χ0v) is 12.5. The number of hydrogen-bond acceptors (Lipinski definition) is 3. The lowest BCUT2D eigenvalue weighted by Crippen LogP contribution is -2.27. The molecule has 1 aliphatic heterocycles. The minimum atomic E-state index is 0.0839. The first-order valence-electron chi connectivity index (χ1n) is 7.59. The van der Waals surface area contributed by atoms with Crippen LogP contribution in [0.3, 0.4) is 0 Å². The molecular weight excluding hydrogens is 260 g/mol. The van der Waals surface area contributed by atoms with Crippen molar-refractivity contribution < 1.29 is 4.74 Å². The highest BCUT2D eigenvalue weighted by atomic mass is 16.5. The average molecular weight is 282 g/mol. The lowest BCUT2D eigenvalue weighted by Gasteiger charge is -2.26. The summed E-state index contributed by atoms with van der Waals surface area (Å²) in [4.78, 5) is 2.37. The number of anilines is 1. The number of para-hydroxylation sites is 2. The molecule has 3 rings (SSSR count). The standard InChI is InChI=1S/C18H22N2O/c1-2-16(19)15-8-4-5-9-17(15)20-11-12-21-18-10-6-3-7-14(18)13-20/h3-10,16H,2,11-13,19H2,1H3/t16-/m1/s1. The van der Waals surface area contributed by atoms with Crippen LogP contribution in [0.25, 0.3) is 0 Å². The molecule has 3 heteroatoms. The summed E-state index contributed by atoms with van der Waals surface area (Å²) in [7, 11) is 0. The van der Waals surface area contributed by atoms with Crippen LogP contribution in [0.15, 0.2) is 48.5 Å². The van der Waals surface area contributed by atoms with Crippen molar-refractivity contribution >= 4 is 5.69 Å². The van der Waals surface area contributed by atoms with Gasteiger partial charge in [0.1, 0.15) is 12.4 Å². The van der Waals surface area contributed by atoms with Crippen LogP contribution in [0.5, 0.6) is 5.75 Å². The molecule has 1 atom stereocenters. The lowest BCUT2D eigenvalue weighted by atomic mass is 10.0. The predicted octanol–water partition coefficient (Wildman–Crippen LogP) is 3.50. The first kappa shape index (κ1) is 14.0. The largest absolute Gasteiger partial charge is 0.491 e. The molecule has 1 aliphatic rings. The van der Waals surface area contributed by atoms with Gasteiger partial charge in [-0.3, -0.25) is 0 Å². The van der Waals surface area contributed by atoms with E-state index in [9.17, 15) is 0 Å². The Bertz CT molecular complexity index is 612. The molecule has 110 valence electrons. The van der Waals surface area contributed by atoms with Crippen LogP contribution < -0.4 is 15.4 Å². The van der Waals surface area contributed by atoms with E-state index in [4.69, 9.17) is 10.5 Å². The third-order valence-electron chi connectivity index (χ3n) is 4.07. The highest BCUT2D eigenvalue weighted by Crippen LogP contribution is 2.31. The van der Waals surface area contributed by atoms with E-state index in [2.05, 4.69) is 48.2 Å². The van der Waals surface area contributed by atoms with Crippen LogP contribution in [0.1, 0.15) is 30.5 Å². The van der Waals surface area contributed by atoms with Crippen LogP contribution in [-0.2, 0) is 6.54 Å². The van der Waals surface area contributed by atoms with Gasteiger partial charge in [0.2, 0.25) is 0 Å². The number of rotatable bonds is 3. The van der Waals surface area contributed by atoms with Gasteiger partial charge in [0.25, 0.3) is 0 Å². The topological polar surface area (TPSA) is 38.5 Å². The van der Waals surface area contributed by atoms with Crippen molar-refractivity contribution in [2.45, 2.75) is 25.9 Å². The number of ether oxygens (including phenoxy) is 1. The summed E-state index contributed by atoms with van der Waals surface area (Å²) < 4.78 is 5.85. The second-order valence-corrected chi connectivity index (χ2v) is 5.45. The van der Waals surface area contributed by atoms with Crippen molar-refractivity contribution in [3.05, 3.63) is 59.7 Å². The summed E-state index contributed by atoms with van der Waals surface area (Å²) in [5.74, 6) is 0.997. The molecule has 0 unspecified atom stereocenters. The van der Waals surface area contributed by atoms with E-state index in [1.54, 1.807) is 0 Å². The highest BCUT2D eigenvalue weighted by molar-refractivity contribution is 5.56. The number of hydrogen-bond donors (Lipinski definition) is 1. The molecule has 0 spiro atoms. The Kier molecular flexibility index (Phi) is 4.11. The molecule has 2 aromatic carbocycles. The second-order valence-electron chi connectivity index (χ2n) is 5.45. The molecule has 0 bridgehead atoms. The molecule has 0 amide bonds. The summed E-state index contributed by atoms with van der Waals surface area (Å²) in [6.45, 7) is 4.57. The maximum Gasteiger partial charge on any atom is 0.124 e. The third kappa shape index (κ3) is 2.88. The van der Waals surface area contributed by atoms with E-state index in [0.29, 0.717) is 6.61 Å².